The monoisotopic (exact) mass is 342 g/mol. The van der Waals surface area contributed by atoms with Crippen molar-refractivity contribution in [1.82, 2.24) is 0 Å². The van der Waals surface area contributed by atoms with Crippen LogP contribution in [0.1, 0.15) is 47.5 Å². The van der Waals surface area contributed by atoms with Crippen LogP contribution in [0.5, 0.6) is 0 Å². The first-order valence-electron chi connectivity index (χ1n) is 5.88. The van der Waals surface area contributed by atoms with Crippen LogP contribution >= 0.6 is 22.6 Å². The van der Waals surface area contributed by atoms with Gasteiger partial charge in [-0.3, -0.25) is 0 Å². The van der Waals surface area contributed by atoms with Crippen molar-refractivity contribution in [1.29, 1.82) is 0 Å². The van der Waals surface area contributed by atoms with E-state index in [0.29, 0.717) is 11.1 Å². The van der Waals surface area contributed by atoms with E-state index in [1.807, 2.05) is 0 Å². The Morgan fingerprint density at radius 3 is 1.93 bits per heavy atom. The topological polar surface area (TPSA) is 9.23 Å². The molecule has 15 heavy (non-hydrogen) atoms. The van der Waals surface area contributed by atoms with Crippen LogP contribution in [0.4, 0.5) is 0 Å². The lowest BCUT2D eigenvalue weighted by atomic mass is 10.2. The molecule has 0 aromatic carbocycles. The first-order valence-corrected chi connectivity index (χ1v) is 10.0. The van der Waals surface area contributed by atoms with E-state index in [0.717, 1.165) is 3.92 Å². The SMILES string of the molecule is C[C@H](I)CC[C@@H](C)O[Si](C)(C)C(C)(C)C. The smallest absolute Gasteiger partial charge is 0.192 e. The summed E-state index contributed by atoms with van der Waals surface area (Å²) in [6.45, 7) is 16.0. The van der Waals surface area contributed by atoms with Gasteiger partial charge in [0.1, 0.15) is 0 Å². The van der Waals surface area contributed by atoms with Crippen molar-refractivity contribution in [2.45, 2.75) is 75.6 Å². The van der Waals surface area contributed by atoms with Crippen LogP contribution < -0.4 is 0 Å². The van der Waals surface area contributed by atoms with E-state index < -0.39 is 8.32 Å². The molecule has 0 aliphatic heterocycles. The van der Waals surface area contributed by atoms with Crippen molar-refractivity contribution in [2.75, 3.05) is 0 Å². The van der Waals surface area contributed by atoms with Gasteiger partial charge in [-0.2, -0.15) is 0 Å². The van der Waals surface area contributed by atoms with Crippen LogP contribution in [0.25, 0.3) is 0 Å². The molecular formula is C12H27IOSi. The summed E-state index contributed by atoms with van der Waals surface area (Å²) in [5, 5.41) is 0.331. The molecule has 1 nitrogen and oxygen atoms in total. The zero-order valence-corrected chi connectivity index (χ0v) is 14.5. The molecule has 0 bridgehead atoms. The predicted octanol–water partition coefficient (Wildman–Crippen LogP) is 5.00. The lowest BCUT2D eigenvalue weighted by molar-refractivity contribution is 0.187. The molecular weight excluding hydrogens is 315 g/mol. The summed E-state index contributed by atoms with van der Waals surface area (Å²) in [7, 11) is -1.54. The summed E-state index contributed by atoms with van der Waals surface area (Å²) in [5.74, 6) is 0. The van der Waals surface area contributed by atoms with E-state index in [1.54, 1.807) is 0 Å². The molecule has 92 valence electrons. The third-order valence-electron chi connectivity index (χ3n) is 3.27. The largest absolute Gasteiger partial charge is 0.414 e. The van der Waals surface area contributed by atoms with Crippen LogP contribution in [0.2, 0.25) is 18.1 Å². The molecule has 0 aliphatic carbocycles. The van der Waals surface area contributed by atoms with Gasteiger partial charge in [-0.25, -0.2) is 0 Å². The van der Waals surface area contributed by atoms with Gasteiger partial charge < -0.3 is 4.43 Å². The van der Waals surface area contributed by atoms with Gasteiger partial charge in [-0.05, 0) is 37.9 Å². The third kappa shape index (κ3) is 6.27. The van der Waals surface area contributed by atoms with Gasteiger partial charge in [0.15, 0.2) is 8.32 Å². The van der Waals surface area contributed by atoms with Gasteiger partial charge in [0, 0.05) is 10.0 Å². The fraction of sp³-hybridized carbons (Fsp3) is 1.00. The summed E-state index contributed by atoms with van der Waals surface area (Å²) >= 11 is 2.48. The highest BCUT2D eigenvalue weighted by molar-refractivity contribution is 14.1. The molecule has 3 heteroatoms. The summed E-state index contributed by atoms with van der Waals surface area (Å²) in [6, 6.07) is 0. The van der Waals surface area contributed by atoms with E-state index >= 15 is 0 Å². The molecule has 0 amide bonds. The molecule has 0 heterocycles. The molecule has 0 fully saturated rings. The van der Waals surface area contributed by atoms with Crippen LogP contribution in [0.15, 0.2) is 0 Å². The zero-order valence-electron chi connectivity index (χ0n) is 11.4. The molecule has 0 saturated heterocycles. The lowest BCUT2D eigenvalue weighted by Gasteiger charge is -2.38. The standard InChI is InChI=1S/C12H27IOSi/c1-10(13)8-9-11(2)14-15(6,7)12(3,4)5/h10-11H,8-9H2,1-7H3/t10-,11+/m0/s1. The Hall–Kier alpha value is 0.907. The Kier molecular flexibility index (Phi) is 6.37. The molecule has 0 aromatic heterocycles. The first-order chi connectivity index (χ1) is 6.56. The highest BCUT2D eigenvalue weighted by atomic mass is 127. The minimum absolute atomic E-state index is 0.331. The van der Waals surface area contributed by atoms with Crippen LogP contribution in [0, 0.1) is 0 Å². The Balaban J connectivity index is 4.11. The van der Waals surface area contributed by atoms with Gasteiger partial charge in [-0.15, -0.1) is 0 Å². The highest BCUT2D eigenvalue weighted by Gasteiger charge is 2.38. The maximum absolute atomic E-state index is 6.29. The minimum Gasteiger partial charge on any atom is -0.414 e. The molecule has 0 radical (unpaired) electrons. The fourth-order valence-corrected chi connectivity index (χ4v) is 3.04. The fourth-order valence-electron chi connectivity index (χ4n) is 1.20. The molecule has 0 aliphatic rings. The van der Waals surface area contributed by atoms with E-state index in [9.17, 15) is 0 Å². The van der Waals surface area contributed by atoms with Gasteiger partial charge in [0.05, 0.1) is 0 Å². The van der Waals surface area contributed by atoms with Crippen molar-refractivity contribution in [2.24, 2.45) is 0 Å². The number of halogens is 1. The maximum atomic E-state index is 6.29. The van der Waals surface area contributed by atoms with E-state index in [4.69, 9.17) is 4.43 Å². The third-order valence-corrected chi connectivity index (χ3v) is 8.50. The van der Waals surface area contributed by atoms with E-state index in [2.05, 4.69) is 70.3 Å². The molecule has 2 atom stereocenters. The summed E-state index contributed by atoms with van der Waals surface area (Å²) in [5.41, 5.74) is 0. The van der Waals surface area contributed by atoms with Crippen molar-refractivity contribution in [3.8, 4) is 0 Å². The van der Waals surface area contributed by atoms with Crippen LogP contribution in [-0.4, -0.2) is 18.3 Å². The van der Waals surface area contributed by atoms with Gasteiger partial charge in [0.25, 0.3) is 0 Å². The normalized spacial score (nSPS) is 17.6. The number of hydrogen-bond acceptors (Lipinski definition) is 1. The van der Waals surface area contributed by atoms with Gasteiger partial charge >= 0.3 is 0 Å². The number of rotatable bonds is 5. The average Bonchev–Trinajstić information content (AvgIpc) is 1.97. The van der Waals surface area contributed by atoms with Gasteiger partial charge in [0.2, 0.25) is 0 Å². The Bertz CT molecular complexity index is 185. The van der Waals surface area contributed by atoms with E-state index in [-0.39, 0.29) is 0 Å². The van der Waals surface area contributed by atoms with E-state index in [1.165, 1.54) is 12.8 Å². The van der Waals surface area contributed by atoms with Crippen molar-refractivity contribution < 1.29 is 4.43 Å². The Morgan fingerprint density at radius 2 is 1.60 bits per heavy atom. The predicted molar refractivity (Wildman–Crippen MR) is 80.5 cm³/mol. The lowest BCUT2D eigenvalue weighted by Crippen LogP contribution is -2.43. The van der Waals surface area contributed by atoms with Gasteiger partial charge in [-0.1, -0.05) is 50.3 Å². The molecule has 0 aromatic rings. The Labute approximate surface area is 111 Å². The average molecular weight is 342 g/mol. The first kappa shape index (κ1) is 15.9. The summed E-state index contributed by atoms with van der Waals surface area (Å²) < 4.78 is 7.05. The van der Waals surface area contributed by atoms with Crippen molar-refractivity contribution >= 4 is 30.9 Å². The van der Waals surface area contributed by atoms with Crippen molar-refractivity contribution in [3.05, 3.63) is 0 Å². The van der Waals surface area contributed by atoms with Crippen LogP contribution in [-0.2, 0) is 4.43 Å². The summed E-state index contributed by atoms with van der Waals surface area (Å²) in [4.78, 5) is 0. The Morgan fingerprint density at radius 1 is 1.13 bits per heavy atom. The molecule has 0 spiro atoms. The van der Waals surface area contributed by atoms with Crippen molar-refractivity contribution in [3.63, 3.8) is 0 Å². The number of alkyl halides is 1. The second kappa shape index (κ2) is 6.01. The second-order valence-corrected chi connectivity index (χ2v) is 12.9. The quantitative estimate of drug-likeness (QED) is 0.388. The summed E-state index contributed by atoms with van der Waals surface area (Å²) in [6.07, 6.45) is 2.87. The number of hydrogen-bond donors (Lipinski definition) is 0. The van der Waals surface area contributed by atoms with Crippen LogP contribution in [0.3, 0.4) is 0 Å². The second-order valence-electron chi connectivity index (χ2n) is 6.05. The molecule has 0 rings (SSSR count). The molecule has 0 N–H and O–H groups in total. The highest BCUT2D eigenvalue weighted by Crippen LogP contribution is 2.37. The maximum Gasteiger partial charge on any atom is 0.192 e. The molecule has 0 unspecified atom stereocenters. The minimum atomic E-state index is -1.54. The zero-order chi connectivity index (χ0) is 12.3. The molecule has 0 saturated carbocycles.